The van der Waals surface area contributed by atoms with Crippen LogP contribution in [0.3, 0.4) is 0 Å². The van der Waals surface area contributed by atoms with E-state index in [0.717, 1.165) is 45.3 Å². The van der Waals surface area contributed by atoms with Gasteiger partial charge in [-0.25, -0.2) is 0 Å². The van der Waals surface area contributed by atoms with Crippen molar-refractivity contribution >= 4 is 28.8 Å². The van der Waals surface area contributed by atoms with Gasteiger partial charge in [-0.3, -0.25) is 4.79 Å². The van der Waals surface area contributed by atoms with Gasteiger partial charge in [0, 0.05) is 12.6 Å². The second kappa shape index (κ2) is 8.65. The van der Waals surface area contributed by atoms with Crippen LogP contribution in [0.5, 0.6) is 0 Å². The molecule has 2 aromatic rings. The number of amides is 1. The highest BCUT2D eigenvalue weighted by atomic mass is 35.5. The van der Waals surface area contributed by atoms with Crippen molar-refractivity contribution in [1.29, 1.82) is 0 Å². The molecule has 1 aromatic heterocycles. The second-order valence-electron chi connectivity index (χ2n) is 6.31. The summed E-state index contributed by atoms with van der Waals surface area (Å²) in [5.41, 5.74) is 1.40. The van der Waals surface area contributed by atoms with E-state index in [9.17, 15) is 4.79 Å². The van der Waals surface area contributed by atoms with Gasteiger partial charge in [0.15, 0.2) is 0 Å². The molecule has 0 aliphatic carbocycles. The summed E-state index contributed by atoms with van der Waals surface area (Å²) in [6.45, 7) is 3.16. The van der Waals surface area contributed by atoms with Crippen LogP contribution < -0.4 is 5.32 Å². The number of carbonyl (C=O) groups excluding carboxylic acids is 1. The summed E-state index contributed by atoms with van der Waals surface area (Å²) in [5.74, 6) is 0.00281. The highest BCUT2D eigenvalue weighted by molar-refractivity contribution is 7.17. The summed E-state index contributed by atoms with van der Waals surface area (Å²) in [4.78, 5) is 15.4. The van der Waals surface area contributed by atoms with E-state index in [-0.39, 0.29) is 11.9 Å². The van der Waals surface area contributed by atoms with Crippen molar-refractivity contribution in [1.82, 2.24) is 10.2 Å². The van der Waals surface area contributed by atoms with E-state index in [2.05, 4.69) is 40.5 Å². The molecule has 24 heavy (non-hydrogen) atoms. The molecule has 2 heterocycles. The fraction of sp³-hybridized carbons (Fsp3) is 0.421. The molecule has 1 aliphatic rings. The quantitative estimate of drug-likeness (QED) is 0.834. The van der Waals surface area contributed by atoms with Crippen molar-refractivity contribution in [2.75, 3.05) is 19.6 Å². The van der Waals surface area contributed by atoms with E-state index in [4.69, 9.17) is 11.6 Å². The molecule has 0 spiro atoms. The largest absolute Gasteiger partial charge is 0.347 e. The number of benzene rings is 1. The molecular weight excluding hydrogens is 340 g/mol. The number of hydrogen-bond donors (Lipinski definition) is 1. The fourth-order valence-electron chi connectivity index (χ4n) is 3.22. The van der Waals surface area contributed by atoms with Gasteiger partial charge >= 0.3 is 0 Å². The molecule has 3 rings (SSSR count). The minimum atomic E-state index is 0.00281. The number of nitrogens with zero attached hydrogens (tertiary/aromatic N) is 1. The Labute approximate surface area is 152 Å². The third-order valence-corrected chi connectivity index (χ3v) is 5.65. The van der Waals surface area contributed by atoms with Crippen molar-refractivity contribution in [3.05, 3.63) is 57.2 Å². The van der Waals surface area contributed by atoms with E-state index < -0.39 is 0 Å². The lowest BCUT2D eigenvalue weighted by molar-refractivity contribution is 0.0907. The van der Waals surface area contributed by atoms with Crippen LogP contribution in [0.4, 0.5) is 0 Å². The van der Waals surface area contributed by atoms with Crippen LogP contribution in [0.25, 0.3) is 0 Å². The minimum Gasteiger partial charge on any atom is -0.347 e. The van der Waals surface area contributed by atoms with E-state index in [0.29, 0.717) is 9.21 Å². The predicted molar refractivity (Wildman–Crippen MR) is 101 cm³/mol. The molecule has 1 aliphatic heterocycles. The molecule has 0 radical (unpaired) electrons. The third kappa shape index (κ3) is 5.07. The zero-order valence-electron chi connectivity index (χ0n) is 13.7. The van der Waals surface area contributed by atoms with Crippen molar-refractivity contribution in [3.63, 3.8) is 0 Å². The first-order valence-corrected chi connectivity index (χ1v) is 9.72. The molecule has 5 heteroatoms. The van der Waals surface area contributed by atoms with Gasteiger partial charge in [0.05, 0.1) is 9.21 Å². The number of hydrogen-bond acceptors (Lipinski definition) is 3. The molecular formula is C19H23ClN2OS. The average Bonchev–Trinajstić information content (AvgIpc) is 3.03. The minimum absolute atomic E-state index is 0.00281. The number of aryl methyl sites for hydroxylation is 1. The van der Waals surface area contributed by atoms with Gasteiger partial charge in [0.2, 0.25) is 0 Å². The highest BCUT2D eigenvalue weighted by Crippen LogP contribution is 2.21. The van der Waals surface area contributed by atoms with Gasteiger partial charge in [0.1, 0.15) is 0 Å². The van der Waals surface area contributed by atoms with Crippen molar-refractivity contribution in [3.8, 4) is 0 Å². The van der Waals surface area contributed by atoms with Gasteiger partial charge < -0.3 is 10.2 Å². The zero-order chi connectivity index (χ0) is 16.8. The molecule has 0 saturated carbocycles. The molecule has 1 amide bonds. The first kappa shape index (κ1) is 17.5. The number of piperidine rings is 1. The van der Waals surface area contributed by atoms with E-state index in [1.807, 2.05) is 0 Å². The monoisotopic (exact) mass is 362 g/mol. The van der Waals surface area contributed by atoms with Crippen LogP contribution in [0, 0.1) is 0 Å². The van der Waals surface area contributed by atoms with Crippen LogP contribution in [0.1, 0.15) is 34.5 Å². The van der Waals surface area contributed by atoms with Crippen molar-refractivity contribution < 1.29 is 4.79 Å². The van der Waals surface area contributed by atoms with Crippen LogP contribution in [-0.2, 0) is 6.42 Å². The Balaban J connectivity index is 1.43. The van der Waals surface area contributed by atoms with Crippen molar-refractivity contribution in [2.45, 2.75) is 31.7 Å². The maximum absolute atomic E-state index is 12.3. The maximum Gasteiger partial charge on any atom is 0.261 e. The maximum atomic E-state index is 12.3. The summed E-state index contributed by atoms with van der Waals surface area (Å²) in [6, 6.07) is 14.4. The number of nitrogens with one attached hydrogen (secondary N) is 1. The normalized spacial score (nSPS) is 18.5. The zero-order valence-corrected chi connectivity index (χ0v) is 15.3. The Hall–Kier alpha value is -1.36. The van der Waals surface area contributed by atoms with Crippen LogP contribution >= 0.6 is 22.9 Å². The Morgan fingerprint density at radius 2 is 2.08 bits per heavy atom. The molecule has 1 N–H and O–H groups in total. The summed E-state index contributed by atoms with van der Waals surface area (Å²) in [6.07, 6.45) is 4.47. The Morgan fingerprint density at radius 1 is 1.25 bits per heavy atom. The third-order valence-electron chi connectivity index (χ3n) is 4.42. The molecule has 1 unspecified atom stereocenters. The molecule has 1 saturated heterocycles. The summed E-state index contributed by atoms with van der Waals surface area (Å²) in [5, 5.41) is 3.16. The summed E-state index contributed by atoms with van der Waals surface area (Å²) >= 11 is 7.24. The van der Waals surface area contributed by atoms with Gasteiger partial charge in [-0.05, 0) is 56.5 Å². The number of halogens is 1. The average molecular weight is 363 g/mol. The van der Waals surface area contributed by atoms with Crippen LogP contribution in [-0.4, -0.2) is 36.5 Å². The van der Waals surface area contributed by atoms with Gasteiger partial charge in [0.25, 0.3) is 5.91 Å². The van der Waals surface area contributed by atoms with Crippen LogP contribution in [0.15, 0.2) is 42.5 Å². The lowest BCUT2D eigenvalue weighted by atomic mass is 10.0. The fourth-order valence-corrected chi connectivity index (χ4v) is 4.17. The first-order chi connectivity index (χ1) is 11.7. The van der Waals surface area contributed by atoms with E-state index in [1.165, 1.54) is 16.9 Å². The summed E-state index contributed by atoms with van der Waals surface area (Å²) in [7, 11) is 0. The number of rotatable bonds is 6. The topological polar surface area (TPSA) is 32.3 Å². The van der Waals surface area contributed by atoms with Crippen LogP contribution in [0.2, 0.25) is 4.34 Å². The standard InChI is InChI=1S/C19H23ClN2OS/c20-18-11-10-17(24-18)19(23)21-16-9-5-13-22(14-16)12-4-8-15-6-2-1-3-7-15/h1-3,6-7,10-11,16H,4-5,8-9,12-14H2,(H,21,23). The van der Waals surface area contributed by atoms with Gasteiger partial charge in [-0.2, -0.15) is 0 Å². The number of carbonyl (C=O) groups is 1. The highest BCUT2D eigenvalue weighted by Gasteiger charge is 2.22. The predicted octanol–water partition coefficient (Wildman–Crippen LogP) is 4.23. The van der Waals surface area contributed by atoms with Gasteiger partial charge in [-0.15, -0.1) is 11.3 Å². The smallest absolute Gasteiger partial charge is 0.261 e. The van der Waals surface area contributed by atoms with E-state index in [1.54, 1.807) is 12.1 Å². The SMILES string of the molecule is O=C(NC1CCCN(CCCc2ccccc2)C1)c1ccc(Cl)s1. The molecule has 3 nitrogen and oxygen atoms in total. The Kier molecular flexibility index (Phi) is 6.30. The molecule has 1 aromatic carbocycles. The van der Waals surface area contributed by atoms with E-state index >= 15 is 0 Å². The number of likely N-dealkylation sites (tertiary alicyclic amines) is 1. The molecule has 0 bridgehead atoms. The lowest BCUT2D eigenvalue weighted by Gasteiger charge is -2.33. The summed E-state index contributed by atoms with van der Waals surface area (Å²) < 4.78 is 0.659. The van der Waals surface area contributed by atoms with Crippen molar-refractivity contribution in [2.24, 2.45) is 0 Å². The Morgan fingerprint density at radius 3 is 2.83 bits per heavy atom. The molecule has 1 atom stereocenters. The molecule has 128 valence electrons. The lowest BCUT2D eigenvalue weighted by Crippen LogP contribution is -2.47. The van der Waals surface area contributed by atoms with Gasteiger partial charge in [-0.1, -0.05) is 41.9 Å². The molecule has 1 fully saturated rings. The number of thiophene rings is 1. The second-order valence-corrected chi connectivity index (χ2v) is 8.02. The first-order valence-electron chi connectivity index (χ1n) is 8.53. The Bertz CT molecular complexity index is 658.